The van der Waals surface area contributed by atoms with Gasteiger partial charge in [0.15, 0.2) is 0 Å². The Balaban J connectivity index is 2.61. The first-order valence-electron chi connectivity index (χ1n) is 7.42. The van der Waals surface area contributed by atoms with E-state index in [9.17, 15) is 14.7 Å². The Hall–Kier alpha value is -1.30. The number of hydrogen-bond donors (Lipinski definition) is 3. The third-order valence-electron chi connectivity index (χ3n) is 4.09. The van der Waals surface area contributed by atoms with Crippen LogP contribution in [0.2, 0.25) is 0 Å². The Morgan fingerprint density at radius 3 is 2.70 bits per heavy atom. The van der Waals surface area contributed by atoms with Crippen LogP contribution in [0.3, 0.4) is 0 Å². The van der Waals surface area contributed by atoms with Gasteiger partial charge in [0.05, 0.1) is 0 Å². The van der Waals surface area contributed by atoms with Crippen molar-refractivity contribution in [3.63, 3.8) is 0 Å². The molecule has 3 N–H and O–H groups in total. The summed E-state index contributed by atoms with van der Waals surface area (Å²) in [7, 11) is 0. The third-order valence-corrected chi connectivity index (χ3v) is 4.09. The first-order valence-corrected chi connectivity index (χ1v) is 7.42. The molecule has 0 aromatic heterocycles. The lowest BCUT2D eigenvalue weighted by Crippen LogP contribution is -2.51. The summed E-state index contributed by atoms with van der Waals surface area (Å²) in [6.45, 7) is 4.52. The monoisotopic (exact) mass is 286 g/mol. The molecule has 1 aliphatic rings. The first kappa shape index (κ1) is 16.8. The standard InChI is InChI=1S/C14H26N2O4/c1-3-10(2)12(13(18)19)15-14(20)16-8-4-6-11(16)7-5-9-17/h10-12,17H,3-9H2,1-2H3,(H,15,20)(H,18,19)/t10?,11?,12-/m0/s1. The fraction of sp³-hybridized carbons (Fsp3) is 0.857. The van der Waals surface area contributed by atoms with Gasteiger partial charge in [0.25, 0.3) is 0 Å². The summed E-state index contributed by atoms with van der Waals surface area (Å²) in [6.07, 6.45) is 4.00. The Morgan fingerprint density at radius 1 is 1.45 bits per heavy atom. The maximum atomic E-state index is 12.2. The molecule has 1 aliphatic heterocycles. The number of hydrogen-bond acceptors (Lipinski definition) is 3. The number of likely N-dealkylation sites (tertiary alicyclic amines) is 1. The molecule has 0 aliphatic carbocycles. The molecule has 0 spiro atoms. The fourth-order valence-electron chi connectivity index (χ4n) is 2.63. The van der Waals surface area contributed by atoms with E-state index >= 15 is 0 Å². The van der Waals surface area contributed by atoms with Gasteiger partial charge in [-0.25, -0.2) is 9.59 Å². The molecule has 1 saturated heterocycles. The van der Waals surface area contributed by atoms with Crippen molar-refractivity contribution >= 4 is 12.0 Å². The van der Waals surface area contributed by atoms with E-state index < -0.39 is 12.0 Å². The number of amides is 2. The van der Waals surface area contributed by atoms with Crippen molar-refractivity contribution in [3.05, 3.63) is 0 Å². The molecule has 0 aromatic rings. The van der Waals surface area contributed by atoms with Crippen LogP contribution in [-0.2, 0) is 4.79 Å². The van der Waals surface area contributed by atoms with Crippen molar-refractivity contribution in [3.8, 4) is 0 Å². The number of carboxylic acids is 1. The molecule has 3 atom stereocenters. The van der Waals surface area contributed by atoms with Gasteiger partial charge in [-0.1, -0.05) is 20.3 Å². The molecule has 2 amide bonds. The number of aliphatic hydroxyl groups excluding tert-OH is 1. The predicted molar refractivity (Wildman–Crippen MR) is 75.5 cm³/mol. The number of aliphatic carboxylic acids is 1. The van der Waals surface area contributed by atoms with Crippen molar-refractivity contribution in [2.45, 2.75) is 58.0 Å². The molecule has 1 fully saturated rings. The minimum absolute atomic E-state index is 0.102. The second-order valence-electron chi connectivity index (χ2n) is 5.51. The van der Waals surface area contributed by atoms with Gasteiger partial charge < -0.3 is 20.4 Å². The molecule has 0 aromatic carbocycles. The lowest BCUT2D eigenvalue weighted by molar-refractivity contribution is -0.140. The highest BCUT2D eigenvalue weighted by molar-refractivity contribution is 5.83. The topological polar surface area (TPSA) is 89.9 Å². The van der Waals surface area contributed by atoms with Gasteiger partial charge in [-0.3, -0.25) is 0 Å². The van der Waals surface area contributed by atoms with Gasteiger partial charge in [-0.15, -0.1) is 0 Å². The average molecular weight is 286 g/mol. The smallest absolute Gasteiger partial charge is 0.326 e. The lowest BCUT2D eigenvalue weighted by atomic mass is 9.99. The first-order chi connectivity index (χ1) is 9.51. The largest absolute Gasteiger partial charge is 0.480 e. The van der Waals surface area contributed by atoms with Crippen LogP contribution in [0.1, 0.15) is 46.0 Å². The SMILES string of the molecule is CCC(C)[C@H](NC(=O)N1CCCC1CCCO)C(=O)O. The Labute approximate surface area is 120 Å². The van der Waals surface area contributed by atoms with Crippen LogP contribution in [0.25, 0.3) is 0 Å². The van der Waals surface area contributed by atoms with E-state index in [0.717, 1.165) is 19.3 Å². The van der Waals surface area contributed by atoms with E-state index in [-0.39, 0.29) is 24.6 Å². The Morgan fingerprint density at radius 2 is 2.15 bits per heavy atom. The van der Waals surface area contributed by atoms with Gasteiger partial charge in [0.2, 0.25) is 0 Å². The van der Waals surface area contributed by atoms with E-state index in [1.807, 2.05) is 13.8 Å². The number of urea groups is 1. The van der Waals surface area contributed by atoms with Crippen LogP contribution in [0, 0.1) is 5.92 Å². The normalized spacial score (nSPS) is 21.6. The summed E-state index contributed by atoms with van der Waals surface area (Å²) in [5.41, 5.74) is 0. The molecule has 0 radical (unpaired) electrons. The Bertz CT molecular complexity index is 335. The number of carbonyl (C=O) groups is 2. The maximum absolute atomic E-state index is 12.2. The second kappa shape index (κ2) is 8.09. The molecule has 0 bridgehead atoms. The zero-order chi connectivity index (χ0) is 15.1. The van der Waals surface area contributed by atoms with Crippen LogP contribution in [-0.4, -0.2) is 52.3 Å². The molecule has 6 nitrogen and oxygen atoms in total. The van der Waals surface area contributed by atoms with Gasteiger partial charge >= 0.3 is 12.0 Å². The zero-order valence-corrected chi connectivity index (χ0v) is 12.3. The highest BCUT2D eigenvalue weighted by Crippen LogP contribution is 2.21. The summed E-state index contributed by atoms with van der Waals surface area (Å²) in [4.78, 5) is 25.2. The van der Waals surface area contributed by atoms with Gasteiger partial charge in [0.1, 0.15) is 6.04 Å². The van der Waals surface area contributed by atoms with Crippen LogP contribution in [0.15, 0.2) is 0 Å². The number of nitrogens with zero attached hydrogens (tertiary/aromatic N) is 1. The van der Waals surface area contributed by atoms with Crippen molar-refractivity contribution in [2.24, 2.45) is 5.92 Å². The highest BCUT2D eigenvalue weighted by Gasteiger charge is 2.32. The molecule has 2 unspecified atom stereocenters. The zero-order valence-electron chi connectivity index (χ0n) is 12.3. The van der Waals surface area contributed by atoms with Gasteiger partial charge in [-0.05, 0) is 31.6 Å². The second-order valence-corrected chi connectivity index (χ2v) is 5.51. The molecule has 1 heterocycles. The average Bonchev–Trinajstić information content (AvgIpc) is 2.89. The lowest BCUT2D eigenvalue weighted by Gasteiger charge is -2.28. The number of carbonyl (C=O) groups excluding carboxylic acids is 1. The number of carboxylic acid groups (broad SMARTS) is 1. The van der Waals surface area contributed by atoms with Crippen LogP contribution in [0.4, 0.5) is 4.79 Å². The van der Waals surface area contributed by atoms with E-state index in [4.69, 9.17) is 5.11 Å². The minimum atomic E-state index is -0.987. The molecular formula is C14H26N2O4. The van der Waals surface area contributed by atoms with Crippen LogP contribution < -0.4 is 5.32 Å². The van der Waals surface area contributed by atoms with Crippen molar-refractivity contribution < 1.29 is 19.8 Å². The van der Waals surface area contributed by atoms with E-state index in [1.54, 1.807) is 4.90 Å². The number of rotatable bonds is 7. The molecule has 116 valence electrons. The van der Waals surface area contributed by atoms with Crippen LogP contribution in [0.5, 0.6) is 0 Å². The molecule has 1 rings (SSSR count). The van der Waals surface area contributed by atoms with Crippen LogP contribution >= 0.6 is 0 Å². The number of nitrogens with one attached hydrogen (secondary N) is 1. The van der Waals surface area contributed by atoms with E-state index in [2.05, 4.69) is 5.32 Å². The fourth-order valence-corrected chi connectivity index (χ4v) is 2.63. The highest BCUT2D eigenvalue weighted by atomic mass is 16.4. The van der Waals surface area contributed by atoms with E-state index in [1.165, 1.54) is 0 Å². The van der Waals surface area contributed by atoms with Gasteiger partial charge in [0, 0.05) is 19.2 Å². The van der Waals surface area contributed by atoms with E-state index in [0.29, 0.717) is 19.4 Å². The summed E-state index contributed by atoms with van der Waals surface area (Å²) >= 11 is 0. The summed E-state index contributed by atoms with van der Waals surface area (Å²) in [5, 5.41) is 20.7. The molecule has 0 saturated carbocycles. The van der Waals surface area contributed by atoms with Gasteiger partial charge in [-0.2, -0.15) is 0 Å². The maximum Gasteiger partial charge on any atom is 0.326 e. The Kier molecular flexibility index (Phi) is 6.78. The molecular weight excluding hydrogens is 260 g/mol. The summed E-state index contributed by atoms with van der Waals surface area (Å²) < 4.78 is 0. The number of aliphatic hydroxyl groups is 1. The molecule has 6 heteroatoms. The minimum Gasteiger partial charge on any atom is -0.480 e. The summed E-state index contributed by atoms with van der Waals surface area (Å²) in [5.74, 6) is -1.09. The van der Waals surface area contributed by atoms with Crippen molar-refractivity contribution in [1.82, 2.24) is 10.2 Å². The predicted octanol–water partition coefficient (Wildman–Crippen LogP) is 1.43. The molecule has 20 heavy (non-hydrogen) atoms. The third kappa shape index (κ3) is 4.37. The van der Waals surface area contributed by atoms with Crippen molar-refractivity contribution in [1.29, 1.82) is 0 Å². The summed E-state index contributed by atoms with van der Waals surface area (Å²) in [6, 6.07) is -1.02. The quantitative estimate of drug-likeness (QED) is 0.660. The van der Waals surface area contributed by atoms with Crippen molar-refractivity contribution in [2.75, 3.05) is 13.2 Å².